The zero-order chi connectivity index (χ0) is 17.5. The van der Waals surface area contributed by atoms with Crippen LogP contribution in [0, 0.1) is 0 Å². The highest BCUT2D eigenvalue weighted by atomic mass is 79.9. The van der Waals surface area contributed by atoms with Crippen LogP contribution in [0.1, 0.15) is 35.4 Å². The van der Waals surface area contributed by atoms with E-state index >= 15 is 0 Å². The summed E-state index contributed by atoms with van der Waals surface area (Å²) >= 11 is 3.22. The number of hydrogen-bond donors (Lipinski definition) is 4. The van der Waals surface area contributed by atoms with Crippen molar-refractivity contribution < 1.29 is 14.4 Å². The lowest BCUT2D eigenvalue weighted by atomic mass is 10.0. The number of nitrogens with one attached hydrogen (secondary N) is 4. The van der Waals surface area contributed by atoms with Gasteiger partial charge in [-0.05, 0) is 27.6 Å². The Morgan fingerprint density at radius 1 is 1.17 bits per heavy atom. The van der Waals surface area contributed by atoms with Gasteiger partial charge in [-0.25, -0.2) is 0 Å². The molecule has 8 heteroatoms. The van der Waals surface area contributed by atoms with Crippen LogP contribution in [-0.2, 0) is 9.59 Å². The number of carbonyl (C=O) groups excluding carboxylic acids is 3. The van der Waals surface area contributed by atoms with Gasteiger partial charge in [0.25, 0.3) is 5.91 Å². The van der Waals surface area contributed by atoms with Gasteiger partial charge in [0.2, 0.25) is 11.8 Å². The van der Waals surface area contributed by atoms with Crippen molar-refractivity contribution in [3.63, 3.8) is 0 Å². The minimum Gasteiger partial charge on any atom is -0.356 e. The summed E-state index contributed by atoms with van der Waals surface area (Å²) in [5.74, 6) is -1.13. The van der Waals surface area contributed by atoms with E-state index in [1.54, 1.807) is 12.3 Å². The molecule has 1 aromatic heterocycles. The van der Waals surface area contributed by atoms with Crippen molar-refractivity contribution in [1.29, 1.82) is 0 Å². The third kappa shape index (κ3) is 5.24. The van der Waals surface area contributed by atoms with Gasteiger partial charge in [0, 0.05) is 17.6 Å². The van der Waals surface area contributed by atoms with Crippen LogP contribution in [0.5, 0.6) is 0 Å². The first kappa shape index (κ1) is 17.7. The molecule has 2 aromatic rings. The Morgan fingerprint density at radius 3 is 2.46 bits per heavy atom. The molecular formula is C16H17BrN4O3. The second-order valence-electron chi connectivity index (χ2n) is 5.10. The van der Waals surface area contributed by atoms with E-state index < -0.39 is 17.9 Å². The Balaban J connectivity index is 1.93. The summed E-state index contributed by atoms with van der Waals surface area (Å²) in [7, 11) is 0. The van der Waals surface area contributed by atoms with Gasteiger partial charge in [-0.2, -0.15) is 0 Å². The molecule has 0 saturated heterocycles. The van der Waals surface area contributed by atoms with Crippen molar-refractivity contribution in [1.82, 2.24) is 21.2 Å². The van der Waals surface area contributed by atoms with Gasteiger partial charge in [0.05, 0.1) is 12.5 Å². The summed E-state index contributed by atoms with van der Waals surface area (Å²) in [6.07, 6.45) is 1.61. The molecule has 0 unspecified atom stereocenters. The fraction of sp³-hybridized carbons (Fsp3) is 0.188. The fourth-order valence-corrected chi connectivity index (χ4v) is 2.46. The molecule has 126 valence electrons. The Morgan fingerprint density at radius 2 is 1.88 bits per heavy atom. The quantitative estimate of drug-likeness (QED) is 0.583. The molecular weight excluding hydrogens is 376 g/mol. The first-order valence-electron chi connectivity index (χ1n) is 7.21. The molecule has 2 rings (SSSR count). The SMILES string of the molecule is CC(=O)N[C@@H](CC(=O)NNC(=O)c1cc(Br)c[nH]1)c1ccccc1. The maximum atomic E-state index is 12.1. The first-order chi connectivity index (χ1) is 11.5. The third-order valence-electron chi connectivity index (χ3n) is 3.18. The minimum absolute atomic E-state index is 0.00169. The number of aromatic amines is 1. The molecule has 0 spiro atoms. The van der Waals surface area contributed by atoms with Gasteiger partial charge >= 0.3 is 0 Å². The Bertz CT molecular complexity index is 730. The van der Waals surface area contributed by atoms with Crippen molar-refractivity contribution in [2.24, 2.45) is 0 Å². The summed E-state index contributed by atoms with van der Waals surface area (Å²) in [6.45, 7) is 1.39. The Hall–Kier alpha value is -2.61. The maximum Gasteiger partial charge on any atom is 0.286 e. The fourth-order valence-electron chi connectivity index (χ4n) is 2.11. The van der Waals surface area contributed by atoms with E-state index in [-0.39, 0.29) is 12.3 Å². The normalized spacial score (nSPS) is 11.4. The first-order valence-corrected chi connectivity index (χ1v) is 8.00. The average Bonchev–Trinajstić information content (AvgIpc) is 2.99. The van der Waals surface area contributed by atoms with Crippen LogP contribution < -0.4 is 16.2 Å². The van der Waals surface area contributed by atoms with E-state index in [1.807, 2.05) is 30.3 Å². The number of rotatable bonds is 5. The predicted molar refractivity (Wildman–Crippen MR) is 91.7 cm³/mol. The maximum absolute atomic E-state index is 12.1. The number of carbonyl (C=O) groups is 3. The van der Waals surface area contributed by atoms with Crippen LogP contribution in [0.25, 0.3) is 0 Å². The number of hydrogen-bond acceptors (Lipinski definition) is 3. The van der Waals surface area contributed by atoms with Gasteiger partial charge in [-0.3, -0.25) is 25.2 Å². The van der Waals surface area contributed by atoms with Gasteiger partial charge < -0.3 is 10.3 Å². The number of amides is 3. The van der Waals surface area contributed by atoms with Gasteiger partial charge in [-0.15, -0.1) is 0 Å². The lowest BCUT2D eigenvalue weighted by Crippen LogP contribution is -2.43. The molecule has 1 aromatic carbocycles. The van der Waals surface area contributed by atoms with E-state index in [1.165, 1.54) is 6.92 Å². The summed E-state index contributed by atoms with van der Waals surface area (Å²) < 4.78 is 0.730. The molecule has 3 amide bonds. The molecule has 0 aliphatic heterocycles. The standard InChI is InChI=1S/C16H17BrN4O3/c1-10(22)19-13(11-5-3-2-4-6-11)8-15(23)20-21-16(24)14-7-12(17)9-18-14/h2-7,9,13,18H,8H2,1H3,(H,19,22)(H,20,23)(H,21,24)/t13-/m0/s1. The summed E-state index contributed by atoms with van der Waals surface area (Å²) in [5.41, 5.74) is 5.77. The molecule has 0 aliphatic carbocycles. The zero-order valence-electron chi connectivity index (χ0n) is 12.9. The summed E-state index contributed by atoms with van der Waals surface area (Å²) in [4.78, 5) is 38.0. The monoisotopic (exact) mass is 392 g/mol. The van der Waals surface area contributed by atoms with E-state index in [2.05, 4.69) is 37.1 Å². The van der Waals surface area contributed by atoms with Crippen LogP contribution in [0.15, 0.2) is 47.1 Å². The molecule has 7 nitrogen and oxygen atoms in total. The molecule has 0 radical (unpaired) electrons. The molecule has 0 fully saturated rings. The highest BCUT2D eigenvalue weighted by Gasteiger charge is 2.17. The zero-order valence-corrected chi connectivity index (χ0v) is 14.5. The van der Waals surface area contributed by atoms with Crippen LogP contribution in [-0.4, -0.2) is 22.7 Å². The highest BCUT2D eigenvalue weighted by Crippen LogP contribution is 2.16. The van der Waals surface area contributed by atoms with Crippen molar-refractivity contribution in [2.75, 3.05) is 0 Å². The smallest absolute Gasteiger partial charge is 0.286 e. The van der Waals surface area contributed by atoms with Crippen LogP contribution >= 0.6 is 15.9 Å². The lowest BCUT2D eigenvalue weighted by molar-refractivity contribution is -0.123. The van der Waals surface area contributed by atoms with Crippen LogP contribution in [0.3, 0.4) is 0 Å². The average molecular weight is 393 g/mol. The largest absolute Gasteiger partial charge is 0.356 e. The van der Waals surface area contributed by atoms with E-state index in [9.17, 15) is 14.4 Å². The Labute approximate surface area is 147 Å². The molecule has 1 heterocycles. The molecule has 0 bridgehead atoms. The molecule has 0 saturated carbocycles. The second kappa shape index (κ2) is 8.30. The molecule has 24 heavy (non-hydrogen) atoms. The van der Waals surface area contributed by atoms with E-state index in [4.69, 9.17) is 0 Å². The number of aromatic nitrogens is 1. The minimum atomic E-state index is -0.472. The predicted octanol–water partition coefficient (Wildman–Crippen LogP) is 1.81. The Kier molecular flexibility index (Phi) is 6.14. The number of benzene rings is 1. The van der Waals surface area contributed by atoms with Crippen LogP contribution in [0.2, 0.25) is 0 Å². The summed E-state index contributed by atoms with van der Waals surface area (Å²) in [5, 5.41) is 2.72. The van der Waals surface area contributed by atoms with Gasteiger partial charge in [0.1, 0.15) is 5.69 Å². The van der Waals surface area contributed by atoms with E-state index in [0.29, 0.717) is 5.69 Å². The van der Waals surface area contributed by atoms with E-state index in [0.717, 1.165) is 10.0 Å². The third-order valence-corrected chi connectivity index (χ3v) is 3.63. The number of hydrazine groups is 1. The van der Waals surface area contributed by atoms with Crippen molar-refractivity contribution in [3.8, 4) is 0 Å². The van der Waals surface area contributed by atoms with Crippen molar-refractivity contribution in [3.05, 3.63) is 58.3 Å². The molecule has 4 N–H and O–H groups in total. The number of halogens is 1. The van der Waals surface area contributed by atoms with Gasteiger partial charge in [0.15, 0.2) is 0 Å². The van der Waals surface area contributed by atoms with Crippen molar-refractivity contribution in [2.45, 2.75) is 19.4 Å². The molecule has 0 aliphatic rings. The van der Waals surface area contributed by atoms with Gasteiger partial charge in [-0.1, -0.05) is 30.3 Å². The molecule has 1 atom stereocenters. The summed E-state index contributed by atoms with van der Waals surface area (Å²) in [6, 6.07) is 10.3. The topological polar surface area (TPSA) is 103 Å². The number of H-pyrrole nitrogens is 1. The lowest BCUT2D eigenvalue weighted by Gasteiger charge is -2.18. The second-order valence-corrected chi connectivity index (χ2v) is 6.02. The highest BCUT2D eigenvalue weighted by molar-refractivity contribution is 9.10. The van der Waals surface area contributed by atoms with Crippen molar-refractivity contribution >= 4 is 33.7 Å². The van der Waals surface area contributed by atoms with Crippen LogP contribution in [0.4, 0.5) is 0 Å².